The molecule has 1 aliphatic heterocycles. The maximum atomic E-state index is 14.3. The zero-order valence-electron chi connectivity index (χ0n) is 21.2. The van der Waals surface area contributed by atoms with Gasteiger partial charge < -0.3 is 15.7 Å². The molecule has 0 aromatic heterocycles. The Bertz CT molecular complexity index is 1460. The molecule has 1 fully saturated rings. The van der Waals surface area contributed by atoms with Crippen LogP contribution in [-0.2, 0) is 9.59 Å². The van der Waals surface area contributed by atoms with Gasteiger partial charge in [0.1, 0.15) is 0 Å². The largest absolute Gasteiger partial charge is 0.478 e. The fourth-order valence-electron chi connectivity index (χ4n) is 5.28. The SMILES string of the molecule is NC(=O)N(c1cccc(C(=O)O)c1)[C@H]1N=C(c2ccccc2)c2ccccc2N(CC(=O)C2CCCC2)C1=O. The molecule has 39 heavy (non-hydrogen) atoms. The molecule has 1 saturated carbocycles. The Kier molecular flexibility index (Phi) is 7.23. The van der Waals surface area contributed by atoms with Gasteiger partial charge in [-0.15, -0.1) is 0 Å². The number of hydrogen-bond acceptors (Lipinski definition) is 5. The number of Topliss-reactive ketones (excluding diaryl/α,β-unsaturated/α-hetero) is 1. The van der Waals surface area contributed by atoms with Crippen LogP contribution < -0.4 is 15.5 Å². The number of carbonyl (C=O) groups excluding carboxylic acids is 3. The topological polar surface area (TPSA) is 133 Å². The molecule has 198 valence electrons. The normalized spacial score (nSPS) is 17.2. The number of carboxylic acid groups (broad SMARTS) is 1. The monoisotopic (exact) mass is 524 g/mol. The summed E-state index contributed by atoms with van der Waals surface area (Å²) >= 11 is 0. The molecule has 9 heteroatoms. The first-order valence-electron chi connectivity index (χ1n) is 12.8. The van der Waals surface area contributed by atoms with E-state index < -0.39 is 24.1 Å². The van der Waals surface area contributed by atoms with Crippen LogP contribution in [0.25, 0.3) is 0 Å². The number of urea groups is 1. The van der Waals surface area contributed by atoms with Gasteiger partial charge in [-0.25, -0.2) is 14.6 Å². The summed E-state index contributed by atoms with van der Waals surface area (Å²) in [5.74, 6) is -1.98. The number of para-hydroxylation sites is 1. The molecule has 0 spiro atoms. The Morgan fingerprint density at radius 2 is 1.64 bits per heavy atom. The van der Waals surface area contributed by atoms with Crippen molar-refractivity contribution in [3.05, 3.63) is 95.6 Å². The van der Waals surface area contributed by atoms with Crippen LogP contribution in [0.5, 0.6) is 0 Å². The Hall–Kier alpha value is -4.79. The van der Waals surface area contributed by atoms with Gasteiger partial charge in [-0.05, 0) is 37.1 Å². The van der Waals surface area contributed by atoms with Gasteiger partial charge >= 0.3 is 12.0 Å². The second kappa shape index (κ2) is 10.9. The van der Waals surface area contributed by atoms with E-state index in [2.05, 4.69) is 0 Å². The molecule has 3 N–H and O–H groups in total. The van der Waals surface area contributed by atoms with Crippen molar-refractivity contribution in [2.45, 2.75) is 31.8 Å². The highest BCUT2D eigenvalue weighted by Crippen LogP contribution is 2.33. The molecule has 0 saturated heterocycles. The second-order valence-electron chi connectivity index (χ2n) is 9.67. The van der Waals surface area contributed by atoms with Gasteiger partial charge in [-0.3, -0.25) is 14.5 Å². The third-order valence-electron chi connectivity index (χ3n) is 7.21. The Balaban J connectivity index is 1.69. The lowest BCUT2D eigenvalue weighted by Gasteiger charge is -2.31. The van der Waals surface area contributed by atoms with Crippen LogP contribution in [-0.4, -0.2) is 47.2 Å². The van der Waals surface area contributed by atoms with Crippen LogP contribution in [0.4, 0.5) is 16.2 Å². The van der Waals surface area contributed by atoms with Gasteiger partial charge in [0.2, 0.25) is 6.17 Å². The molecule has 3 aromatic rings. The molecule has 2 aliphatic rings. The number of carboxylic acids is 1. The third kappa shape index (κ3) is 5.16. The average Bonchev–Trinajstić information content (AvgIpc) is 3.46. The van der Waals surface area contributed by atoms with Crippen LogP contribution in [0, 0.1) is 5.92 Å². The van der Waals surface area contributed by atoms with Crippen molar-refractivity contribution >= 4 is 40.8 Å². The number of nitrogens with two attached hydrogens (primary N) is 1. The fourth-order valence-corrected chi connectivity index (χ4v) is 5.28. The minimum atomic E-state index is -1.48. The number of aliphatic imine (C=N–C) groups is 1. The van der Waals surface area contributed by atoms with E-state index in [1.807, 2.05) is 42.5 Å². The number of amides is 3. The molecule has 1 heterocycles. The first kappa shape index (κ1) is 25.8. The number of benzodiazepines with no additional fused rings is 1. The van der Waals surface area contributed by atoms with Crippen molar-refractivity contribution in [2.24, 2.45) is 16.6 Å². The van der Waals surface area contributed by atoms with Crippen molar-refractivity contribution in [1.82, 2.24) is 0 Å². The maximum Gasteiger partial charge on any atom is 0.335 e. The van der Waals surface area contributed by atoms with Gasteiger partial charge in [0.25, 0.3) is 5.91 Å². The first-order chi connectivity index (χ1) is 18.8. The minimum Gasteiger partial charge on any atom is -0.478 e. The maximum absolute atomic E-state index is 14.3. The van der Waals surface area contributed by atoms with Crippen LogP contribution in [0.3, 0.4) is 0 Å². The highest BCUT2D eigenvalue weighted by Gasteiger charge is 2.39. The highest BCUT2D eigenvalue weighted by atomic mass is 16.4. The van der Waals surface area contributed by atoms with Crippen molar-refractivity contribution in [3.63, 3.8) is 0 Å². The summed E-state index contributed by atoms with van der Waals surface area (Å²) in [4.78, 5) is 59.3. The highest BCUT2D eigenvalue weighted by molar-refractivity contribution is 6.22. The summed E-state index contributed by atoms with van der Waals surface area (Å²) in [6.45, 7) is -0.170. The molecule has 3 aromatic carbocycles. The summed E-state index contributed by atoms with van der Waals surface area (Å²) in [6, 6.07) is 21.0. The van der Waals surface area contributed by atoms with Crippen molar-refractivity contribution in [2.75, 3.05) is 16.3 Å². The average molecular weight is 525 g/mol. The Morgan fingerprint density at radius 3 is 2.33 bits per heavy atom. The first-order valence-corrected chi connectivity index (χ1v) is 12.8. The smallest absolute Gasteiger partial charge is 0.335 e. The molecule has 9 nitrogen and oxygen atoms in total. The van der Waals surface area contributed by atoms with E-state index in [1.54, 1.807) is 12.1 Å². The quantitative estimate of drug-likeness (QED) is 0.477. The van der Waals surface area contributed by atoms with Gasteiger partial charge in [0.05, 0.1) is 23.5 Å². The van der Waals surface area contributed by atoms with Crippen molar-refractivity contribution in [1.29, 1.82) is 0 Å². The minimum absolute atomic E-state index is 0.0453. The van der Waals surface area contributed by atoms with Crippen LogP contribution in [0.15, 0.2) is 83.9 Å². The van der Waals surface area contributed by atoms with Gasteiger partial charge in [-0.2, -0.15) is 0 Å². The molecule has 0 bridgehead atoms. The third-order valence-corrected chi connectivity index (χ3v) is 7.21. The Morgan fingerprint density at radius 1 is 0.949 bits per heavy atom. The second-order valence-corrected chi connectivity index (χ2v) is 9.67. The van der Waals surface area contributed by atoms with Gasteiger partial charge in [-0.1, -0.05) is 67.4 Å². The number of rotatable bonds is 7. The number of ketones is 1. The van der Waals surface area contributed by atoms with Crippen LogP contribution in [0.2, 0.25) is 0 Å². The zero-order valence-corrected chi connectivity index (χ0v) is 21.2. The summed E-state index contributed by atoms with van der Waals surface area (Å²) < 4.78 is 0. The summed E-state index contributed by atoms with van der Waals surface area (Å²) in [6.07, 6.45) is 2.03. The number of anilines is 2. The molecule has 1 aliphatic carbocycles. The summed E-state index contributed by atoms with van der Waals surface area (Å²) in [5, 5.41) is 9.52. The molecule has 1 atom stereocenters. The standard InChI is InChI=1S/C30H28N4O5/c31-30(39)34(22-14-8-13-21(17-22)29(37)38)27-28(36)33(18-25(35)19-9-4-5-10-19)24-16-7-6-15-23(24)26(32-27)20-11-2-1-3-12-20/h1-3,6-8,11-17,19,27H,4-5,9-10,18H2,(H2,31,39)(H,37,38)/t27-/m1/s1. The molecule has 5 rings (SSSR count). The zero-order chi connectivity index (χ0) is 27.5. The Labute approximate surface area is 225 Å². The van der Waals surface area contributed by atoms with Crippen molar-refractivity contribution in [3.8, 4) is 0 Å². The van der Waals surface area contributed by atoms with E-state index in [0.717, 1.165) is 30.6 Å². The summed E-state index contributed by atoms with van der Waals surface area (Å²) in [5.41, 5.74) is 8.11. The number of hydrogen-bond donors (Lipinski definition) is 2. The molecule has 0 radical (unpaired) electrons. The van der Waals surface area contributed by atoms with E-state index in [1.165, 1.54) is 29.2 Å². The van der Waals surface area contributed by atoms with E-state index in [-0.39, 0.29) is 29.5 Å². The molecular formula is C30H28N4O5. The number of carbonyl (C=O) groups is 4. The van der Waals surface area contributed by atoms with E-state index in [0.29, 0.717) is 22.5 Å². The fraction of sp³-hybridized carbons (Fsp3) is 0.233. The van der Waals surface area contributed by atoms with E-state index in [9.17, 15) is 24.3 Å². The van der Waals surface area contributed by atoms with E-state index >= 15 is 0 Å². The van der Waals surface area contributed by atoms with E-state index in [4.69, 9.17) is 10.7 Å². The predicted molar refractivity (Wildman–Crippen MR) is 147 cm³/mol. The van der Waals surface area contributed by atoms with Crippen molar-refractivity contribution < 1.29 is 24.3 Å². The van der Waals surface area contributed by atoms with Crippen LogP contribution >= 0.6 is 0 Å². The lowest BCUT2D eigenvalue weighted by molar-refractivity contribution is -0.125. The molecular weight excluding hydrogens is 496 g/mol. The molecule has 0 unspecified atom stereocenters. The number of aromatic carboxylic acids is 1. The molecule has 3 amide bonds. The lowest BCUT2D eigenvalue weighted by Crippen LogP contribution is -2.53. The number of benzene rings is 3. The predicted octanol–water partition coefficient (Wildman–Crippen LogP) is 4.24. The number of nitrogens with zero attached hydrogens (tertiary/aromatic N) is 3. The number of primary amides is 1. The van der Waals surface area contributed by atoms with Gasteiger partial charge in [0.15, 0.2) is 5.78 Å². The van der Waals surface area contributed by atoms with Gasteiger partial charge in [0, 0.05) is 22.7 Å². The van der Waals surface area contributed by atoms with Crippen LogP contribution in [0.1, 0.15) is 47.2 Å². The summed E-state index contributed by atoms with van der Waals surface area (Å²) in [7, 11) is 0. The lowest BCUT2D eigenvalue weighted by atomic mass is 9.99. The number of fused-ring (bicyclic) bond motifs is 1.